The van der Waals surface area contributed by atoms with E-state index in [1.807, 2.05) is 0 Å². The molecule has 2 N–H and O–H groups in total. The highest BCUT2D eigenvalue weighted by molar-refractivity contribution is 5.90. The van der Waals surface area contributed by atoms with E-state index in [4.69, 9.17) is 0 Å². The van der Waals surface area contributed by atoms with Gasteiger partial charge in [0.2, 0.25) is 5.82 Å². The zero-order chi connectivity index (χ0) is 11.4. The number of carbonyl (C=O) groups excluding carboxylic acids is 1. The standard InChI is InChI=1S/C9H10N6O/c1-6-13-8(15-14-6)9(16)11-4-7-2-3-10-5-12-7/h2-3,5H,4H2,1H3,(H,11,16)(H,13,14,15). The van der Waals surface area contributed by atoms with Gasteiger partial charge in [-0.05, 0) is 13.0 Å². The van der Waals surface area contributed by atoms with Gasteiger partial charge in [-0.15, -0.1) is 5.10 Å². The monoisotopic (exact) mass is 218 g/mol. The summed E-state index contributed by atoms with van der Waals surface area (Å²) in [6.07, 6.45) is 3.05. The van der Waals surface area contributed by atoms with Crippen molar-refractivity contribution in [3.05, 3.63) is 35.9 Å². The number of nitrogens with zero attached hydrogens (tertiary/aromatic N) is 4. The number of rotatable bonds is 3. The predicted octanol–water partition coefficient (Wildman–Crippen LogP) is -0.167. The lowest BCUT2D eigenvalue weighted by atomic mass is 10.4. The summed E-state index contributed by atoms with van der Waals surface area (Å²) < 4.78 is 0. The van der Waals surface area contributed by atoms with Gasteiger partial charge in [0.1, 0.15) is 12.2 Å². The zero-order valence-electron chi connectivity index (χ0n) is 8.64. The Kier molecular flexibility index (Phi) is 2.86. The minimum Gasteiger partial charge on any atom is -0.344 e. The van der Waals surface area contributed by atoms with Crippen LogP contribution in [0.3, 0.4) is 0 Å². The van der Waals surface area contributed by atoms with Gasteiger partial charge in [0, 0.05) is 6.20 Å². The molecule has 7 heteroatoms. The van der Waals surface area contributed by atoms with E-state index in [2.05, 4.69) is 30.5 Å². The first-order chi connectivity index (χ1) is 7.75. The number of hydrogen-bond acceptors (Lipinski definition) is 5. The van der Waals surface area contributed by atoms with Crippen molar-refractivity contribution < 1.29 is 4.79 Å². The average molecular weight is 218 g/mol. The normalized spacial score (nSPS) is 10.1. The molecule has 0 aromatic carbocycles. The molecule has 0 saturated carbocycles. The second-order valence-corrected chi connectivity index (χ2v) is 3.13. The van der Waals surface area contributed by atoms with E-state index in [1.165, 1.54) is 6.33 Å². The molecular formula is C9H10N6O. The van der Waals surface area contributed by atoms with Crippen molar-refractivity contribution in [3.8, 4) is 0 Å². The van der Waals surface area contributed by atoms with Crippen molar-refractivity contribution in [1.82, 2.24) is 30.5 Å². The van der Waals surface area contributed by atoms with Crippen LogP contribution in [0, 0.1) is 6.92 Å². The number of amides is 1. The van der Waals surface area contributed by atoms with Crippen LogP contribution in [0.1, 0.15) is 22.1 Å². The van der Waals surface area contributed by atoms with Gasteiger partial charge in [-0.2, -0.15) is 0 Å². The smallest absolute Gasteiger partial charge is 0.291 e. The van der Waals surface area contributed by atoms with E-state index >= 15 is 0 Å². The van der Waals surface area contributed by atoms with Gasteiger partial charge in [-0.3, -0.25) is 9.89 Å². The lowest BCUT2D eigenvalue weighted by Gasteiger charge is -2.00. The van der Waals surface area contributed by atoms with Gasteiger partial charge in [0.05, 0.1) is 12.2 Å². The molecule has 2 aromatic heterocycles. The Morgan fingerprint density at radius 1 is 1.56 bits per heavy atom. The van der Waals surface area contributed by atoms with E-state index in [0.717, 1.165) is 5.69 Å². The third-order valence-corrected chi connectivity index (χ3v) is 1.87. The highest BCUT2D eigenvalue weighted by atomic mass is 16.2. The topological polar surface area (TPSA) is 96.5 Å². The van der Waals surface area contributed by atoms with Gasteiger partial charge in [-0.25, -0.2) is 15.0 Å². The summed E-state index contributed by atoms with van der Waals surface area (Å²) in [6.45, 7) is 2.06. The average Bonchev–Trinajstić information content (AvgIpc) is 2.74. The van der Waals surface area contributed by atoms with Gasteiger partial charge in [0.25, 0.3) is 5.91 Å². The van der Waals surface area contributed by atoms with Crippen molar-refractivity contribution >= 4 is 5.91 Å². The first-order valence-electron chi connectivity index (χ1n) is 4.68. The highest BCUT2D eigenvalue weighted by Crippen LogP contribution is 1.93. The quantitative estimate of drug-likeness (QED) is 0.745. The van der Waals surface area contributed by atoms with E-state index in [-0.39, 0.29) is 11.7 Å². The lowest BCUT2D eigenvalue weighted by Crippen LogP contribution is -2.24. The Balaban J connectivity index is 1.94. The third kappa shape index (κ3) is 2.38. The lowest BCUT2D eigenvalue weighted by molar-refractivity contribution is 0.0940. The molecule has 2 aromatic rings. The largest absolute Gasteiger partial charge is 0.344 e. The molecule has 0 aliphatic carbocycles. The molecule has 0 aliphatic rings. The number of H-pyrrole nitrogens is 1. The van der Waals surface area contributed by atoms with Crippen LogP contribution in [-0.4, -0.2) is 31.1 Å². The Morgan fingerprint density at radius 2 is 2.44 bits per heavy atom. The van der Waals surface area contributed by atoms with Crippen molar-refractivity contribution in [2.24, 2.45) is 0 Å². The molecule has 0 radical (unpaired) electrons. The Labute approximate surface area is 91.4 Å². The van der Waals surface area contributed by atoms with Crippen LogP contribution in [-0.2, 0) is 6.54 Å². The SMILES string of the molecule is Cc1nc(C(=O)NCc2ccncn2)n[nH]1. The summed E-state index contributed by atoms with van der Waals surface area (Å²) >= 11 is 0. The fourth-order valence-corrected chi connectivity index (χ4v) is 1.12. The fourth-order valence-electron chi connectivity index (χ4n) is 1.12. The van der Waals surface area contributed by atoms with Crippen molar-refractivity contribution in [3.63, 3.8) is 0 Å². The maximum Gasteiger partial charge on any atom is 0.291 e. The molecule has 2 heterocycles. The van der Waals surface area contributed by atoms with Crippen LogP contribution in [0.5, 0.6) is 0 Å². The van der Waals surface area contributed by atoms with Crippen LogP contribution in [0.15, 0.2) is 18.6 Å². The van der Waals surface area contributed by atoms with E-state index in [9.17, 15) is 4.79 Å². The molecule has 0 atom stereocenters. The molecule has 0 aliphatic heterocycles. The second-order valence-electron chi connectivity index (χ2n) is 3.13. The molecule has 1 amide bonds. The maximum absolute atomic E-state index is 11.5. The number of aromatic nitrogens is 5. The summed E-state index contributed by atoms with van der Waals surface area (Å²) in [5.41, 5.74) is 0.732. The predicted molar refractivity (Wildman–Crippen MR) is 54.3 cm³/mol. The first kappa shape index (κ1) is 10.2. The van der Waals surface area contributed by atoms with Crippen LogP contribution >= 0.6 is 0 Å². The van der Waals surface area contributed by atoms with Gasteiger partial charge in [-0.1, -0.05) is 0 Å². The Morgan fingerprint density at radius 3 is 3.06 bits per heavy atom. The number of aryl methyl sites for hydroxylation is 1. The molecule has 7 nitrogen and oxygen atoms in total. The summed E-state index contributed by atoms with van der Waals surface area (Å²) in [4.78, 5) is 23.2. The van der Waals surface area contributed by atoms with Crippen LogP contribution in [0.2, 0.25) is 0 Å². The minimum atomic E-state index is -0.331. The third-order valence-electron chi connectivity index (χ3n) is 1.87. The Hall–Kier alpha value is -2.31. The number of nitrogens with one attached hydrogen (secondary N) is 2. The molecule has 2 rings (SSSR count). The van der Waals surface area contributed by atoms with Crippen LogP contribution < -0.4 is 5.32 Å². The first-order valence-corrected chi connectivity index (χ1v) is 4.68. The van der Waals surface area contributed by atoms with Gasteiger partial charge < -0.3 is 5.32 Å². The number of aromatic amines is 1. The molecule has 0 unspecified atom stereocenters. The molecule has 0 bridgehead atoms. The molecule has 0 spiro atoms. The van der Waals surface area contributed by atoms with Crippen molar-refractivity contribution in [2.75, 3.05) is 0 Å². The number of hydrogen-bond donors (Lipinski definition) is 2. The van der Waals surface area contributed by atoms with Crippen LogP contribution in [0.4, 0.5) is 0 Å². The molecule has 16 heavy (non-hydrogen) atoms. The van der Waals surface area contributed by atoms with Crippen LogP contribution in [0.25, 0.3) is 0 Å². The summed E-state index contributed by atoms with van der Waals surface area (Å²) in [6, 6.07) is 1.73. The van der Waals surface area contributed by atoms with Crippen molar-refractivity contribution in [1.29, 1.82) is 0 Å². The molecule has 0 saturated heterocycles. The van der Waals surface area contributed by atoms with Gasteiger partial charge >= 0.3 is 0 Å². The molecule has 82 valence electrons. The molecular weight excluding hydrogens is 208 g/mol. The molecule has 0 fully saturated rings. The van der Waals surface area contributed by atoms with E-state index in [1.54, 1.807) is 19.2 Å². The van der Waals surface area contributed by atoms with E-state index in [0.29, 0.717) is 12.4 Å². The van der Waals surface area contributed by atoms with Crippen molar-refractivity contribution in [2.45, 2.75) is 13.5 Å². The minimum absolute atomic E-state index is 0.131. The number of carbonyl (C=O) groups is 1. The van der Waals surface area contributed by atoms with Gasteiger partial charge in [0.15, 0.2) is 0 Å². The highest BCUT2D eigenvalue weighted by Gasteiger charge is 2.10. The summed E-state index contributed by atoms with van der Waals surface area (Å²) in [7, 11) is 0. The Bertz CT molecular complexity index is 480. The summed E-state index contributed by atoms with van der Waals surface area (Å²) in [5, 5.41) is 9.00. The zero-order valence-corrected chi connectivity index (χ0v) is 8.64. The fraction of sp³-hybridized carbons (Fsp3) is 0.222. The second kappa shape index (κ2) is 4.47. The maximum atomic E-state index is 11.5. The van der Waals surface area contributed by atoms with E-state index < -0.39 is 0 Å². The summed E-state index contributed by atoms with van der Waals surface area (Å²) in [5.74, 6) is 0.404.